The van der Waals surface area contributed by atoms with E-state index in [4.69, 9.17) is 15.0 Å². The maximum atomic E-state index is 5.78. The molecule has 1 aliphatic heterocycles. The molecule has 3 rings (SSSR count). The molecule has 2 aromatic rings. The number of nitrogens with zero attached hydrogens (tertiary/aromatic N) is 2. The van der Waals surface area contributed by atoms with Gasteiger partial charge in [0.1, 0.15) is 24.2 Å². The van der Waals surface area contributed by atoms with E-state index in [-0.39, 0.29) is 0 Å². The second kappa shape index (κ2) is 4.97. The standard InChI is InChI=1S/C14H16N4O2/c1-14(9-19-8-12(15)17-14)10-3-2-4-11(7-10)16-13-5-6-20-18-13/h2-7H,8-9H2,1H3,(H2,15,17)(H,16,18). The van der Waals surface area contributed by atoms with Crippen molar-refractivity contribution >= 4 is 17.3 Å². The Bertz CT molecular complexity index is 624. The smallest absolute Gasteiger partial charge is 0.173 e. The molecule has 1 aromatic carbocycles. The molecule has 0 saturated heterocycles. The van der Waals surface area contributed by atoms with Crippen molar-refractivity contribution in [2.75, 3.05) is 18.5 Å². The Morgan fingerprint density at radius 3 is 3.00 bits per heavy atom. The zero-order chi connectivity index (χ0) is 14.0. The van der Waals surface area contributed by atoms with Gasteiger partial charge in [0.2, 0.25) is 0 Å². The van der Waals surface area contributed by atoms with E-state index in [1.54, 1.807) is 6.07 Å². The normalized spacial score (nSPS) is 22.4. The van der Waals surface area contributed by atoms with Crippen molar-refractivity contribution in [1.29, 1.82) is 0 Å². The first-order chi connectivity index (χ1) is 9.66. The van der Waals surface area contributed by atoms with Gasteiger partial charge in [-0.1, -0.05) is 17.3 Å². The Balaban J connectivity index is 1.89. The molecule has 104 valence electrons. The van der Waals surface area contributed by atoms with E-state index < -0.39 is 5.54 Å². The van der Waals surface area contributed by atoms with Crippen LogP contribution in [0.3, 0.4) is 0 Å². The number of aromatic nitrogens is 1. The first-order valence-electron chi connectivity index (χ1n) is 6.36. The molecule has 3 N–H and O–H groups in total. The van der Waals surface area contributed by atoms with Crippen LogP contribution in [0.2, 0.25) is 0 Å². The van der Waals surface area contributed by atoms with Crippen molar-refractivity contribution in [3.63, 3.8) is 0 Å². The highest BCUT2D eigenvalue weighted by atomic mass is 16.5. The lowest BCUT2D eigenvalue weighted by molar-refractivity contribution is 0.106. The van der Waals surface area contributed by atoms with Crippen LogP contribution in [0, 0.1) is 0 Å². The molecule has 0 amide bonds. The number of rotatable bonds is 3. The monoisotopic (exact) mass is 272 g/mol. The highest BCUT2D eigenvalue weighted by Crippen LogP contribution is 2.30. The zero-order valence-electron chi connectivity index (χ0n) is 11.2. The molecule has 0 saturated carbocycles. The summed E-state index contributed by atoms with van der Waals surface area (Å²) in [5.74, 6) is 1.18. The number of benzene rings is 1. The lowest BCUT2D eigenvalue weighted by atomic mass is 9.92. The van der Waals surface area contributed by atoms with Crippen molar-refractivity contribution in [3.8, 4) is 0 Å². The second-order valence-electron chi connectivity index (χ2n) is 4.96. The third-order valence-corrected chi connectivity index (χ3v) is 3.22. The van der Waals surface area contributed by atoms with Crippen molar-refractivity contribution in [2.45, 2.75) is 12.5 Å². The molecule has 20 heavy (non-hydrogen) atoms. The number of hydrogen-bond acceptors (Lipinski definition) is 6. The van der Waals surface area contributed by atoms with Crippen LogP contribution in [-0.4, -0.2) is 24.2 Å². The highest BCUT2D eigenvalue weighted by Gasteiger charge is 2.30. The van der Waals surface area contributed by atoms with E-state index in [9.17, 15) is 0 Å². The van der Waals surface area contributed by atoms with E-state index in [1.165, 1.54) is 6.26 Å². The Morgan fingerprint density at radius 1 is 1.35 bits per heavy atom. The Morgan fingerprint density at radius 2 is 2.25 bits per heavy atom. The fourth-order valence-corrected chi connectivity index (χ4v) is 2.24. The topological polar surface area (TPSA) is 85.7 Å². The predicted octanol–water partition coefficient (Wildman–Crippen LogP) is 2.02. The summed E-state index contributed by atoms with van der Waals surface area (Å²) in [4.78, 5) is 4.53. The molecule has 0 fully saturated rings. The van der Waals surface area contributed by atoms with Gasteiger partial charge in [0.25, 0.3) is 0 Å². The minimum atomic E-state index is -0.455. The SMILES string of the molecule is CC1(c2cccc(Nc3ccon3)c2)COCC(N)=N1. The van der Waals surface area contributed by atoms with E-state index >= 15 is 0 Å². The molecule has 6 nitrogen and oxygen atoms in total. The zero-order valence-corrected chi connectivity index (χ0v) is 11.2. The number of anilines is 2. The van der Waals surface area contributed by atoms with Crippen LogP contribution >= 0.6 is 0 Å². The number of nitrogens with one attached hydrogen (secondary N) is 1. The summed E-state index contributed by atoms with van der Waals surface area (Å²) in [7, 11) is 0. The summed E-state index contributed by atoms with van der Waals surface area (Å²) in [5.41, 5.74) is 7.28. The number of aliphatic imine (C=N–C) groups is 1. The van der Waals surface area contributed by atoms with Crippen molar-refractivity contribution < 1.29 is 9.26 Å². The Kier molecular flexibility index (Phi) is 3.15. The maximum Gasteiger partial charge on any atom is 0.173 e. The summed E-state index contributed by atoms with van der Waals surface area (Å²) >= 11 is 0. The van der Waals surface area contributed by atoms with E-state index in [0.29, 0.717) is 24.9 Å². The molecular weight excluding hydrogens is 256 g/mol. The molecule has 0 bridgehead atoms. The van der Waals surface area contributed by atoms with Crippen molar-refractivity contribution in [3.05, 3.63) is 42.2 Å². The number of nitrogens with two attached hydrogens (primary N) is 1. The summed E-state index contributed by atoms with van der Waals surface area (Å²) in [6, 6.07) is 9.70. The van der Waals surface area contributed by atoms with Crippen LogP contribution < -0.4 is 11.1 Å². The predicted molar refractivity (Wildman–Crippen MR) is 76.0 cm³/mol. The maximum absolute atomic E-state index is 5.78. The van der Waals surface area contributed by atoms with Gasteiger partial charge in [0.15, 0.2) is 5.82 Å². The van der Waals surface area contributed by atoms with Crippen LogP contribution in [-0.2, 0) is 10.3 Å². The molecule has 0 aliphatic carbocycles. The summed E-state index contributed by atoms with van der Waals surface area (Å²) in [5, 5.41) is 6.99. The Labute approximate surface area is 116 Å². The van der Waals surface area contributed by atoms with Gasteiger partial charge in [-0.05, 0) is 24.6 Å². The minimum Gasteiger partial charge on any atom is -0.386 e. The first kappa shape index (κ1) is 12.7. The van der Waals surface area contributed by atoms with Crippen molar-refractivity contribution in [1.82, 2.24) is 5.16 Å². The van der Waals surface area contributed by atoms with Gasteiger partial charge in [0, 0.05) is 11.8 Å². The van der Waals surface area contributed by atoms with Crippen LogP contribution in [0.5, 0.6) is 0 Å². The summed E-state index contributed by atoms with van der Waals surface area (Å²) in [6.45, 7) is 2.92. The lowest BCUT2D eigenvalue weighted by Gasteiger charge is -2.30. The Hall–Kier alpha value is -2.34. The third-order valence-electron chi connectivity index (χ3n) is 3.22. The third kappa shape index (κ3) is 2.50. The first-order valence-corrected chi connectivity index (χ1v) is 6.36. The average molecular weight is 272 g/mol. The van der Waals surface area contributed by atoms with Crippen LogP contribution in [0.1, 0.15) is 12.5 Å². The minimum absolute atomic E-state index is 0.395. The summed E-state index contributed by atoms with van der Waals surface area (Å²) < 4.78 is 10.3. The van der Waals surface area contributed by atoms with Crippen LogP contribution in [0.25, 0.3) is 0 Å². The van der Waals surface area contributed by atoms with Gasteiger partial charge in [-0.15, -0.1) is 0 Å². The van der Waals surface area contributed by atoms with Crippen molar-refractivity contribution in [2.24, 2.45) is 10.7 Å². The molecular formula is C14H16N4O2. The molecule has 1 unspecified atom stereocenters. The number of amidine groups is 1. The van der Waals surface area contributed by atoms with Gasteiger partial charge in [0.05, 0.1) is 6.61 Å². The fraction of sp³-hybridized carbons (Fsp3) is 0.286. The fourth-order valence-electron chi connectivity index (χ4n) is 2.24. The van der Waals surface area contributed by atoms with Gasteiger partial charge >= 0.3 is 0 Å². The number of ether oxygens (including phenoxy) is 1. The molecule has 1 aromatic heterocycles. The molecule has 0 spiro atoms. The van der Waals surface area contributed by atoms with E-state index in [2.05, 4.69) is 15.5 Å². The van der Waals surface area contributed by atoms with Crippen LogP contribution in [0.15, 0.2) is 46.1 Å². The van der Waals surface area contributed by atoms with E-state index in [0.717, 1.165) is 11.3 Å². The summed E-state index contributed by atoms with van der Waals surface area (Å²) in [6.07, 6.45) is 1.52. The van der Waals surface area contributed by atoms with Gasteiger partial charge in [-0.2, -0.15) is 0 Å². The number of hydrogen-bond donors (Lipinski definition) is 2. The van der Waals surface area contributed by atoms with Crippen LogP contribution in [0.4, 0.5) is 11.5 Å². The molecule has 6 heteroatoms. The molecule has 1 atom stereocenters. The molecule has 1 aliphatic rings. The highest BCUT2D eigenvalue weighted by molar-refractivity contribution is 5.82. The van der Waals surface area contributed by atoms with Gasteiger partial charge in [-0.3, -0.25) is 4.99 Å². The molecule has 2 heterocycles. The lowest BCUT2D eigenvalue weighted by Crippen LogP contribution is -2.37. The quantitative estimate of drug-likeness (QED) is 0.892. The van der Waals surface area contributed by atoms with Gasteiger partial charge < -0.3 is 20.3 Å². The van der Waals surface area contributed by atoms with E-state index in [1.807, 2.05) is 31.2 Å². The second-order valence-corrected chi connectivity index (χ2v) is 4.96. The molecule has 0 radical (unpaired) electrons. The average Bonchev–Trinajstić information content (AvgIpc) is 2.92. The largest absolute Gasteiger partial charge is 0.386 e. The van der Waals surface area contributed by atoms with Gasteiger partial charge in [-0.25, -0.2) is 0 Å².